The van der Waals surface area contributed by atoms with Gasteiger partial charge in [0, 0.05) is 13.1 Å². The predicted molar refractivity (Wildman–Crippen MR) is 134 cm³/mol. The van der Waals surface area contributed by atoms with Gasteiger partial charge < -0.3 is 5.11 Å². The normalized spacial score (nSPS) is 21.8. The Kier molecular flexibility index (Phi) is 5.92. The number of piperidine rings is 1. The molecule has 168 valence electrons. The van der Waals surface area contributed by atoms with E-state index in [0.29, 0.717) is 11.3 Å². The number of aliphatic hydroxyl groups is 1. The highest BCUT2D eigenvalue weighted by molar-refractivity contribution is 7.89. The number of benzene rings is 3. The van der Waals surface area contributed by atoms with Crippen molar-refractivity contribution in [2.24, 2.45) is 0 Å². The first-order valence-corrected chi connectivity index (χ1v) is 16.0. The molecule has 0 amide bonds. The summed E-state index contributed by atoms with van der Waals surface area (Å²) >= 11 is 0. The van der Waals surface area contributed by atoms with Crippen LogP contribution >= 0.6 is 0 Å². The number of aryl methyl sites for hydroxylation is 1. The molecule has 1 atom stereocenters. The third kappa shape index (κ3) is 4.32. The van der Waals surface area contributed by atoms with Gasteiger partial charge in [0.05, 0.1) is 13.0 Å². The summed E-state index contributed by atoms with van der Waals surface area (Å²) in [6.45, 7) is 9.01. The van der Waals surface area contributed by atoms with E-state index in [4.69, 9.17) is 0 Å². The van der Waals surface area contributed by atoms with Gasteiger partial charge in [-0.15, -0.1) is 0 Å². The summed E-state index contributed by atoms with van der Waals surface area (Å²) in [5.41, 5.74) is 3.64. The van der Waals surface area contributed by atoms with Crippen LogP contribution in [0, 0.1) is 6.92 Å². The first-order chi connectivity index (χ1) is 15.0. The first kappa shape index (κ1) is 22.9. The molecule has 0 saturated carbocycles. The summed E-state index contributed by atoms with van der Waals surface area (Å²) in [5.74, 6) is 0. The minimum Gasteiger partial charge on any atom is -0.381 e. The minimum atomic E-state index is -3.65. The van der Waals surface area contributed by atoms with Crippen LogP contribution in [0.5, 0.6) is 0 Å². The number of sulfonamides is 1. The molecule has 0 aliphatic carbocycles. The van der Waals surface area contributed by atoms with Crippen LogP contribution in [0.1, 0.15) is 17.5 Å². The van der Waals surface area contributed by atoms with Gasteiger partial charge in [0.1, 0.15) is 5.60 Å². The Balaban J connectivity index is 1.80. The van der Waals surface area contributed by atoms with Gasteiger partial charge >= 0.3 is 0 Å². The van der Waals surface area contributed by atoms with E-state index < -0.39 is 23.7 Å². The van der Waals surface area contributed by atoms with Crippen LogP contribution in [0.3, 0.4) is 0 Å². The molecular weight excluding hydrogens is 434 g/mol. The average Bonchev–Trinajstić information content (AvgIpc) is 2.74. The number of fused-ring (bicyclic) bond motifs is 1. The van der Waals surface area contributed by atoms with Crippen molar-refractivity contribution >= 4 is 28.9 Å². The Bertz CT molecular complexity index is 1270. The molecule has 4 rings (SSSR count). The molecular formula is C26H31NO3SSi. The van der Waals surface area contributed by atoms with E-state index >= 15 is 0 Å². The largest absolute Gasteiger partial charge is 0.381 e. The maximum absolute atomic E-state index is 13.4. The SMILES string of the molecule is Cc1ccc(S(=O)(=O)N2CCC(O)(c3cccc4ccccc34)/C(=C/[Si](C)(C)C)C2)cc1. The molecule has 0 bridgehead atoms. The summed E-state index contributed by atoms with van der Waals surface area (Å²) in [4.78, 5) is 0.297. The standard InChI is InChI=1S/C26H31NO3SSi/c1-20-12-14-23(15-13-20)31(29,30)27-17-16-26(28,22(18-27)19-32(2,3)4)25-11-7-9-21-8-5-6-10-24(21)25/h5-15,19,28H,16-18H2,1-4H3/b22-19+. The van der Waals surface area contributed by atoms with Gasteiger partial charge in [0.25, 0.3) is 0 Å². The number of rotatable bonds is 4. The third-order valence-electron chi connectivity index (χ3n) is 6.10. The summed E-state index contributed by atoms with van der Waals surface area (Å²) in [6, 6.07) is 21.0. The van der Waals surface area contributed by atoms with Crippen LogP contribution in [0.25, 0.3) is 10.8 Å². The summed E-state index contributed by atoms with van der Waals surface area (Å²) in [5, 5.41) is 14.2. The highest BCUT2D eigenvalue weighted by Gasteiger charge is 2.43. The smallest absolute Gasteiger partial charge is 0.243 e. The highest BCUT2D eigenvalue weighted by Crippen LogP contribution is 2.42. The van der Waals surface area contributed by atoms with Crippen LogP contribution < -0.4 is 0 Å². The van der Waals surface area contributed by atoms with Crippen molar-refractivity contribution in [2.75, 3.05) is 13.1 Å². The highest BCUT2D eigenvalue weighted by atomic mass is 32.2. The maximum Gasteiger partial charge on any atom is 0.243 e. The first-order valence-electron chi connectivity index (χ1n) is 11.0. The topological polar surface area (TPSA) is 57.6 Å². The quantitative estimate of drug-likeness (QED) is 0.537. The van der Waals surface area contributed by atoms with E-state index in [-0.39, 0.29) is 13.1 Å². The fraction of sp³-hybridized carbons (Fsp3) is 0.308. The summed E-state index contributed by atoms with van der Waals surface area (Å²) < 4.78 is 28.3. The van der Waals surface area contributed by atoms with Crippen molar-refractivity contribution in [3.8, 4) is 0 Å². The van der Waals surface area contributed by atoms with Gasteiger partial charge in [-0.2, -0.15) is 4.31 Å². The van der Waals surface area contributed by atoms with Crippen LogP contribution in [0.2, 0.25) is 19.6 Å². The van der Waals surface area contributed by atoms with E-state index in [2.05, 4.69) is 25.3 Å². The van der Waals surface area contributed by atoms with Gasteiger partial charge in [0.2, 0.25) is 10.0 Å². The molecule has 1 unspecified atom stereocenters. The number of hydrogen-bond acceptors (Lipinski definition) is 3. The average molecular weight is 466 g/mol. The van der Waals surface area contributed by atoms with Crippen molar-refractivity contribution < 1.29 is 13.5 Å². The van der Waals surface area contributed by atoms with Crippen molar-refractivity contribution in [3.63, 3.8) is 0 Å². The molecule has 1 saturated heterocycles. The summed E-state index contributed by atoms with van der Waals surface area (Å²) in [6.07, 6.45) is 0.322. The van der Waals surface area contributed by atoms with Crippen molar-refractivity contribution in [3.05, 3.63) is 89.1 Å². The minimum absolute atomic E-state index is 0.195. The lowest BCUT2D eigenvalue weighted by Gasteiger charge is -2.41. The predicted octanol–water partition coefficient (Wildman–Crippen LogP) is 5.23. The molecule has 1 fully saturated rings. The Labute approximate surface area is 192 Å². The molecule has 1 heterocycles. The molecule has 0 aromatic heterocycles. The second kappa shape index (κ2) is 8.27. The lowest BCUT2D eigenvalue weighted by atomic mass is 9.79. The lowest BCUT2D eigenvalue weighted by molar-refractivity contribution is 0.0417. The summed E-state index contributed by atoms with van der Waals surface area (Å²) in [7, 11) is -5.40. The number of nitrogens with zero attached hydrogens (tertiary/aromatic N) is 1. The van der Waals surface area contributed by atoms with Crippen LogP contribution in [-0.2, 0) is 15.6 Å². The molecule has 4 nitrogen and oxygen atoms in total. The molecule has 1 N–H and O–H groups in total. The van der Waals surface area contributed by atoms with E-state index in [1.54, 1.807) is 12.1 Å². The van der Waals surface area contributed by atoms with Gasteiger partial charge in [0.15, 0.2) is 0 Å². The molecule has 0 spiro atoms. The number of hydrogen-bond donors (Lipinski definition) is 1. The molecule has 1 aliphatic heterocycles. The van der Waals surface area contributed by atoms with E-state index in [9.17, 15) is 13.5 Å². The molecule has 0 radical (unpaired) electrons. The second-order valence-electron chi connectivity index (χ2n) is 9.82. The lowest BCUT2D eigenvalue weighted by Crippen LogP contribution is -2.48. The zero-order valence-electron chi connectivity index (χ0n) is 19.2. The van der Waals surface area contributed by atoms with Gasteiger partial charge in [-0.05, 0) is 47.4 Å². The molecule has 1 aliphatic rings. The fourth-order valence-corrected chi connectivity index (χ4v) is 7.29. The molecule has 32 heavy (non-hydrogen) atoms. The maximum atomic E-state index is 13.4. The van der Waals surface area contributed by atoms with Crippen molar-refractivity contribution in [2.45, 2.75) is 43.5 Å². The second-order valence-corrected chi connectivity index (χ2v) is 16.8. The van der Waals surface area contributed by atoms with Gasteiger partial charge in [-0.25, -0.2) is 8.42 Å². The van der Waals surface area contributed by atoms with Crippen molar-refractivity contribution in [1.82, 2.24) is 4.31 Å². The van der Waals surface area contributed by atoms with Gasteiger partial charge in [-0.1, -0.05) is 85.5 Å². The Morgan fingerprint density at radius 2 is 1.62 bits per heavy atom. The van der Waals surface area contributed by atoms with Crippen LogP contribution in [0.4, 0.5) is 0 Å². The van der Waals surface area contributed by atoms with Crippen LogP contribution in [0.15, 0.2) is 82.9 Å². The Hall–Kier alpha value is -2.25. The molecule has 3 aromatic carbocycles. The van der Waals surface area contributed by atoms with Crippen LogP contribution in [-0.4, -0.2) is 39.0 Å². The molecule has 6 heteroatoms. The molecule has 3 aromatic rings. The van der Waals surface area contributed by atoms with E-state index in [0.717, 1.165) is 27.5 Å². The van der Waals surface area contributed by atoms with Gasteiger partial charge in [-0.3, -0.25) is 0 Å². The third-order valence-corrected chi connectivity index (χ3v) is 9.18. The Morgan fingerprint density at radius 1 is 0.969 bits per heavy atom. The fourth-order valence-electron chi connectivity index (χ4n) is 4.49. The monoisotopic (exact) mass is 465 g/mol. The zero-order valence-corrected chi connectivity index (χ0v) is 21.0. The van der Waals surface area contributed by atoms with E-state index in [1.807, 2.05) is 61.5 Å². The van der Waals surface area contributed by atoms with Crippen molar-refractivity contribution in [1.29, 1.82) is 0 Å². The van der Waals surface area contributed by atoms with E-state index in [1.165, 1.54) is 4.31 Å². The zero-order chi connectivity index (χ0) is 23.1. The Morgan fingerprint density at radius 3 is 2.31 bits per heavy atom.